The zero-order chi connectivity index (χ0) is 16.4. The molecule has 1 saturated carbocycles. The van der Waals surface area contributed by atoms with Crippen LogP contribution in [0, 0.1) is 23.6 Å². The molecule has 0 radical (unpaired) electrons. The molecule has 0 unspecified atom stereocenters. The summed E-state index contributed by atoms with van der Waals surface area (Å²) in [6.07, 6.45) is 6.15. The van der Waals surface area contributed by atoms with E-state index in [1.165, 1.54) is 13.2 Å². The second-order valence-corrected chi connectivity index (χ2v) is 6.30. The van der Waals surface area contributed by atoms with Crippen LogP contribution >= 0.6 is 0 Å². The van der Waals surface area contributed by atoms with E-state index in [9.17, 15) is 9.18 Å². The van der Waals surface area contributed by atoms with Crippen molar-refractivity contribution in [2.24, 2.45) is 17.8 Å². The SMILES string of the molecule is C=C1C=CC(=O)[C@@H]2[C@H](Cc3ccc(OCOC)c(F)c3)CC[C@H]12. The summed E-state index contributed by atoms with van der Waals surface area (Å²) in [5, 5.41) is 0. The van der Waals surface area contributed by atoms with Crippen molar-refractivity contribution in [3.05, 3.63) is 53.9 Å². The Labute approximate surface area is 135 Å². The highest BCUT2D eigenvalue weighted by Gasteiger charge is 2.42. The largest absolute Gasteiger partial charge is 0.464 e. The molecule has 122 valence electrons. The number of hydrogen-bond donors (Lipinski definition) is 0. The van der Waals surface area contributed by atoms with Crippen LogP contribution in [0.15, 0.2) is 42.5 Å². The summed E-state index contributed by atoms with van der Waals surface area (Å²) in [4.78, 5) is 12.2. The van der Waals surface area contributed by atoms with Crippen molar-refractivity contribution in [1.82, 2.24) is 0 Å². The van der Waals surface area contributed by atoms with Crippen molar-refractivity contribution in [2.75, 3.05) is 13.9 Å². The van der Waals surface area contributed by atoms with Gasteiger partial charge in [0, 0.05) is 13.0 Å². The molecule has 23 heavy (non-hydrogen) atoms. The summed E-state index contributed by atoms with van der Waals surface area (Å²) in [6.45, 7) is 4.08. The van der Waals surface area contributed by atoms with E-state index in [0.29, 0.717) is 6.42 Å². The van der Waals surface area contributed by atoms with Gasteiger partial charge in [0.1, 0.15) is 0 Å². The molecule has 3 rings (SSSR count). The smallest absolute Gasteiger partial charge is 0.188 e. The average Bonchev–Trinajstić information content (AvgIpc) is 2.95. The molecule has 1 aromatic carbocycles. The number of rotatable bonds is 5. The number of allylic oxidation sites excluding steroid dienone is 3. The van der Waals surface area contributed by atoms with E-state index in [0.717, 1.165) is 24.0 Å². The molecule has 1 aromatic rings. The highest BCUT2D eigenvalue weighted by atomic mass is 19.1. The molecule has 2 aliphatic rings. The van der Waals surface area contributed by atoms with Gasteiger partial charge in [-0.1, -0.05) is 24.3 Å². The number of halogens is 1. The van der Waals surface area contributed by atoms with Gasteiger partial charge in [0.2, 0.25) is 0 Å². The first-order chi connectivity index (χ1) is 11.1. The van der Waals surface area contributed by atoms with E-state index >= 15 is 0 Å². The van der Waals surface area contributed by atoms with Gasteiger partial charge < -0.3 is 9.47 Å². The molecule has 4 heteroatoms. The van der Waals surface area contributed by atoms with Crippen molar-refractivity contribution in [3.63, 3.8) is 0 Å². The molecule has 0 N–H and O–H groups in total. The highest BCUT2D eigenvalue weighted by Crippen LogP contribution is 2.45. The number of carbonyl (C=O) groups excluding carboxylic acids is 1. The Morgan fingerprint density at radius 3 is 2.87 bits per heavy atom. The summed E-state index contributed by atoms with van der Waals surface area (Å²) in [6, 6.07) is 4.98. The number of hydrogen-bond acceptors (Lipinski definition) is 3. The van der Waals surface area contributed by atoms with Gasteiger partial charge in [0.05, 0.1) is 0 Å². The Morgan fingerprint density at radius 1 is 1.30 bits per heavy atom. The van der Waals surface area contributed by atoms with Crippen LogP contribution in [-0.4, -0.2) is 19.7 Å². The Balaban J connectivity index is 1.72. The molecule has 0 heterocycles. The van der Waals surface area contributed by atoms with Gasteiger partial charge in [-0.2, -0.15) is 0 Å². The fourth-order valence-electron chi connectivity index (χ4n) is 3.79. The molecule has 0 saturated heterocycles. The van der Waals surface area contributed by atoms with Crippen molar-refractivity contribution < 1.29 is 18.7 Å². The predicted octanol–water partition coefficient (Wildman–Crippen LogP) is 3.69. The Kier molecular flexibility index (Phi) is 4.62. The molecule has 0 aromatic heterocycles. The van der Waals surface area contributed by atoms with E-state index in [2.05, 4.69) is 6.58 Å². The third kappa shape index (κ3) is 3.22. The van der Waals surface area contributed by atoms with E-state index in [1.54, 1.807) is 12.1 Å². The monoisotopic (exact) mass is 316 g/mol. The summed E-state index contributed by atoms with van der Waals surface area (Å²) in [7, 11) is 1.49. The first-order valence-corrected chi connectivity index (χ1v) is 7.91. The minimum absolute atomic E-state index is 0.0000193. The van der Waals surface area contributed by atoms with Crippen LogP contribution in [0.5, 0.6) is 5.75 Å². The Morgan fingerprint density at radius 2 is 2.13 bits per heavy atom. The molecule has 3 atom stereocenters. The maximum atomic E-state index is 14.0. The summed E-state index contributed by atoms with van der Waals surface area (Å²) >= 11 is 0. The minimum Gasteiger partial charge on any atom is -0.464 e. The number of carbonyl (C=O) groups is 1. The maximum Gasteiger partial charge on any atom is 0.188 e. The van der Waals surface area contributed by atoms with Gasteiger partial charge in [0.15, 0.2) is 24.1 Å². The van der Waals surface area contributed by atoms with Crippen LogP contribution in [-0.2, 0) is 16.0 Å². The maximum absolute atomic E-state index is 14.0. The molecule has 3 nitrogen and oxygen atoms in total. The molecular formula is C19H21FO3. The lowest BCUT2D eigenvalue weighted by atomic mass is 9.76. The van der Waals surface area contributed by atoms with Crippen molar-refractivity contribution >= 4 is 5.78 Å². The fourth-order valence-corrected chi connectivity index (χ4v) is 3.79. The average molecular weight is 316 g/mol. The first-order valence-electron chi connectivity index (χ1n) is 7.91. The molecule has 0 spiro atoms. The van der Waals surface area contributed by atoms with Crippen LogP contribution in [0.25, 0.3) is 0 Å². The van der Waals surface area contributed by atoms with Gasteiger partial charge in [-0.25, -0.2) is 4.39 Å². The minimum atomic E-state index is -0.395. The van der Waals surface area contributed by atoms with Crippen LogP contribution in [0.3, 0.4) is 0 Å². The summed E-state index contributed by atoms with van der Waals surface area (Å²) < 4.78 is 24.0. The number of fused-ring (bicyclic) bond motifs is 1. The lowest BCUT2D eigenvalue weighted by Gasteiger charge is -2.26. The second-order valence-electron chi connectivity index (χ2n) is 6.30. The molecule has 1 fully saturated rings. The number of ketones is 1. The quantitative estimate of drug-likeness (QED) is 0.777. The summed E-state index contributed by atoms with van der Waals surface area (Å²) in [5.41, 5.74) is 1.94. The van der Waals surface area contributed by atoms with Crippen LogP contribution in [0.2, 0.25) is 0 Å². The van der Waals surface area contributed by atoms with Crippen LogP contribution < -0.4 is 4.74 Å². The Bertz CT molecular complexity index is 650. The van der Waals surface area contributed by atoms with E-state index < -0.39 is 5.82 Å². The number of ether oxygens (including phenoxy) is 2. The fraction of sp³-hybridized carbons (Fsp3) is 0.421. The van der Waals surface area contributed by atoms with Crippen LogP contribution in [0.4, 0.5) is 4.39 Å². The normalized spacial score (nSPS) is 26.4. The molecule has 2 aliphatic carbocycles. The highest BCUT2D eigenvalue weighted by molar-refractivity contribution is 5.94. The van der Waals surface area contributed by atoms with Gasteiger partial charge in [-0.05, 0) is 54.9 Å². The second kappa shape index (κ2) is 6.67. The van der Waals surface area contributed by atoms with Gasteiger partial charge in [-0.15, -0.1) is 0 Å². The van der Waals surface area contributed by atoms with Gasteiger partial charge in [-0.3, -0.25) is 4.79 Å². The van der Waals surface area contributed by atoms with Crippen molar-refractivity contribution in [2.45, 2.75) is 19.3 Å². The van der Waals surface area contributed by atoms with Crippen molar-refractivity contribution in [3.8, 4) is 5.75 Å². The Hall–Kier alpha value is -1.94. The number of benzene rings is 1. The molecule has 0 aliphatic heterocycles. The zero-order valence-electron chi connectivity index (χ0n) is 13.3. The van der Waals surface area contributed by atoms with E-state index in [-0.39, 0.29) is 36.1 Å². The summed E-state index contributed by atoms with van der Waals surface area (Å²) in [5.74, 6) is 0.481. The lowest BCUT2D eigenvalue weighted by Crippen LogP contribution is -2.28. The third-order valence-electron chi connectivity index (χ3n) is 4.88. The van der Waals surface area contributed by atoms with E-state index in [4.69, 9.17) is 9.47 Å². The predicted molar refractivity (Wildman–Crippen MR) is 85.6 cm³/mol. The first kappa shape index (κ1) is 15.9. The standard InChI is InChI=1S/C19H21FO3/c1-12-3-7-17(21)19-14(5-6-15(12)19)9-13-4-8-18(16(20)10-13)23-11-22-2/h3-4,7-8,10,14-15,19H,1,5-6,9,11H2,2H3/t14-,15+,19+/m0/s1. The van der Waals surface area contributed by atoms with Gasteiger partial charge >= 0.3 is 0 Å². The van der Waals surface area contributed by atoms with E-state index in [1.807, 2.05) is 12.1 Å². The molecule has 0 amide bonds. The molecule has 0 bridgehead atoms. The topological polar surface area (TPSA) is 35.5 Å². The van der Waals surface area contributed by atoms with Crippen LogP contribution in [0.1, 0.15) is 18.4 Å². The number of methoxy groups -OCH3 is 1. The third-order valence-corrected chi connectivity index (χ3v) is 4.88. The lowest BCUT2D eigenvalue weighted by molar-refractivity contribution is -0.120. The van der Waals surface area contributed by atoms with Gasteiger partial charge in [0.25, 0.3) is 0 Å². The zero-order valence-corrected chi connectivity index (χ0v) is 13.3. The van der Waals surface area contributed by atoms with Crippen molar-refractivity contribution in [1.29, 1.82) is 0 Å². The molecular weight excluding hydrogens is 295 g/mol.